The van der Waals surface area contributed by atoms with Crippen LogP contribution in [0, 0.1) is 6.92 Å². The van der Waals surface area contributed by atoms with Gasteiger partial charge < -0.3 is 15.8 Å². The quantitative estimate of drug-likeness (QED) is 0.782. The fraction of sp³-hybridized carbons (Fsp3) is 0.381. The molecular weight excluding hydrogens is 348 g/mol. The lowest BCUT2D eigenvalue weighted by atomic mass is 9.89. The molecule has 0 aromatic heterocycles. The predicted octanol–water partition coefficient (Wildman–Crippen LogP) is 4.35. The summed E-state index contributed by atoms with van der Waals surface area (Å²) in [5, 5.41) is 3.17. The van der Waals surface area contributed by atoms with Gasteiger partial charge in [-0.15, -0.1) is 12.4 Å². The Bertz CT molecular complexity index is 772. The first-order valence-corrected chi connectivity index (χ1v) is 8.76. The summed E-state index contributed by atoms with van der Waals surface area (Å²) in [5.74, 6) is 0.853. The number of amides is 1. The van der Waals surface area contributed by atoms with Crippen molar-refractivity contribution in [1.82, 2.24) is 5.32 Å². The molecule has 3 N–H and O–H groups in total. The summed E-state index contributed by atoms with van der Waals surface area (Å²) < 4.78 is 6.02. The molecule has 0 fully saturated rings. The van der Waals surface area contributed by atoms with E-state index in [0.717, 1.165) is 24.2 Å². The summed E-state index contributed by atoms with van der Waals surface area (Å²) in [4.78, 5) is 12.5. The van der Waals surface area contributed by atoms with Crippen molar-refractivity contribution < 1.29 is 9.53 Å². The molecule has 1 aliphatic rings. The van der Waals surface area contributed by atoms with Gasteiger partial charge in [0.25, 0.3) is 0 Å². The van der Waals surface area contributed by atoms with E-state index in [-0.39, 0.29) is 30.0 Å². The van der Waals surface area contributed by atoms with Gasteiger partial charge in [-0.05, 0) is 51.0 Å². The Balaban J connectivity index is 0.00000243. The first-order chi connectivity index (χ1) is 11.8. The minimum absolute atomic E-state index is 0. The Hall–Kier alpha value is -2.20. The lowest BCUT2D eigenvalue weighted by Gasteiger charge is -2.38. The van der Waals surface area contributed by atoms with Gasteiger partial charge in [0.1, 0.15) is 11.4 Å². The molecule has 3 rings (SSSR count). The van der Waals surface area contributed by atoms with E-state index in [0.29, 0.717) is 12.1 Å². The molecule has 0 aliphatic carbocycles. The molecule has 0 spiro atoms. The third-order valence-electron chi connectivity index (χ3n) is 4.59. The van der Waals surface area contributed by atoms with Crippen LogP contribution >= 0.6 is 12.4 Å². The molecule has 1 atom stereocenters. The van der Waals surface area contributed by atoms with Gasteiger partial charge in [0.2, 0.25) is 5.91 Å². The van der Waals surface area contributed by atoms with E-state index >= 15 is 0 Å². The normalized spacial score (nSPS) is 17.4. The minimum Gasteiger partial charge on any atom is -0.487 e. The summed E-state index contributed by atoms with van der Waals surface area (Å²) in [6.45, 7) is 6.14. The number of nitrogens with one attached hydrogen (secondary N) is 1. The van der Waals surface area contributed by atoms with E-state index in [1.807, 2.05) is 32.0 Å². The second-order valence-electron chi connectivity index (χ2n) is 7.47. The number of hydrogen-bond donors (Lipinski definition) is 2. The van der Waals surface area contributed by atoms with Gasteiger partial charge in [0.15, 0.2) is 0 Å². The van der Waals surface area contributed by atoms with E-state index in [1.165, 1.54) is 11.1 Å². The van der Waals surface area contributed by atoms with E-state index in [4.69, 9.17) is 10.5 Å². The Morgan fingerprint density at radius 3 is 2.62 bits per heavy atom. The molecule has 0 saturated carbocycles. The number of nitrogen functional groups attached to an aromatic ring is 1. The molecule has 1 aliphatic heterocycles. The highest BCUT2D eigenvalue weighted by Gasteiger charge is 2.34. The number of hydrogen-bond acceptors (Lipinski definition) is 3. The SMILES string of the molecule is Cc1ccc(CCC(=O)NC2CC(C)(C)Oc3ccc(N)cc32)cc1.Cl. The number of rotatable bonds is 4. The maximum absolute atomic E-state index is 12.5. The third-order valence-corrected chi connectivity index (χ3v) is 4.59. The maximum Gasteiger partial charge on any atom is 0.220 e. The lowest BCUT2D eigenvalue weighted by molar-refractivity contribution is -0.122. The third kappa shape index (κ3) is 4.92. The standard InChI is InChI=1S/C21H26N2O2.ClH/c1-14-4-6-15(7-5-14)8-11-20(24)23-18-13-21(2,3)25-19-10-9-16(22)12-17(18)19;/h4-7,9-10,12,18H,8,11,13,22H2,1-3H3,(H,23,24);1H. The molecule has 1 unspecified atom stereocenters. The number of anilines is 1. The number of carbonyl (C=O) groups is 1. The number of halogens is 1. The van der Waals surface area contributed by atoms with Crippen molar-refractivity contribution in [2.45, 2.75) is 51.7 Å². The van der Waals surface area contributed by atoms with Crippen molar-refractivity contribution in [2.75, 3.05) is 5.73 Å². The zero-order valence-corrected chi connectivity index (χ0v) is 16.4. The van der Waals surface area contributed by atoms with Crippen LogP contribution in [-0.4, -0.2) is 11.5 Å². The zero-order valence-electron chi connectivity index (χ0n) is 15.5. The molecule has 0 saturated heterocycles. The van der Waals surface area contributed by atoms with Crippen LogP contribution in [0.25, 0.3) is 0 Å². The van der Waals surface area contributed by atoms with E-state index in [9.17, 15) is 4.79 Å². The number of ether oxygens (including phenoxy) is 1. The van der Waals surface area contributed by atoms with Gasteiger partial charge in [0.05, 0.1) is 6.04 Å². The fourth-order valence-corrected chi connectivity index (χ4v) is 3.28. The predicted molar refractivity (Wildman–Crippen MR) is 108 cm³/mol. The summed E-state index contributed by atoms with van der Waals surface area (Å²) >= 11 is 0. The van der Waals surface area contributed by atoms with Gasteiger partial charge in [-0.3, -0.25) is 4.79 Å². The van der Waals surface area contributed by atoms with Crippen molar-refractivity contribution in [2.24, 2.45) is 0 Å². The van der Waals surface area contributed by atoms with Crippen LogP contribution in [0.5, 0.6) is 5.75 Å². The number of aryl methyl sites for hydroxylation is 2. The molecule has 4 nitrogen and oxygen atoms in total. The second kappa shape index (κ2) is 8.00. The van der Waals surface area contributed by atoms with Crippen molar-refractivity contribution >= 4 is 24.0 Å². The number of nitrogens with two attached hydrogens (primary N) is 1. The smallest absolute Gasteiger partial charge is 0.220 e. The zero-order chi connectivity index (χ0) is 18.0. The van der Waals surface area contributed by atoms with Crippen LogP contribution < -0.4 is 15.8 Å². The Kier molecular flexibility index (Phi) is 6.19. The molecule has 2 aromatic carbocycles. The molecule has 140 valence electrons. The molecule has 0 radical (unpaired) electrons. The van der Waals surface area contributed by atoms with Gasteiger partial charge in [-0.25, -0.2) is 0 Å². The second-order valence-corrected chi connectivity index (χ2v) is 7.47. The van der Waals surface area contributed by atoms with Gasteiger partial charge in [-0.1, -0.05) is 29.8 Å². The summed E-state index contributed by atoms with van der Waals surface area (Å²) in [6, 6.07) is 13.9. The van der Waals surface area contributed by atoms with Crippen LogP contribution in [-0.2, 0) is 11.2 Å². The molecule has 5 heteroatoms. The molecule has 26 heavy (non-hydrogen) atoms. The highest BCUT2D eigenvalue weighted by molar-refractivity contribution is 5.85. The van der Waals surface area contributed by atoms with Crippen LogP contribution in [0.15, 0.2) is 42.5 Å². The molecule has 1 amide bonds. The average molecular weight is 375 g/mol. The van der Waals surface area contributed by atoms with E-state index in [2.05, 4.69) is 36.5 Å². The van der Waals surface area contributed by atoms with Gasteiger partial charge in [0, 0.05) is 24.1 Å². The van der Waals surface area contributed by atoms with Crippen molar-refractivity contribution in [3.63, 3.8) is 0 Å². The van der Waals surface area contributed by atoms with Crippen LogP contribution in [0.4, 0.5) is 5.69 Å². The lowest BCUT2D eigenvalue weighted by Crippen LogP contribution is -2.41. The Morgan fingerprint density at radius 1 is 1.23 bits per heavy atom. The first-order valence-electron chi connectivity index (χ1n) is 8.76. The first kappa shape index (κ1) is 20.1. The maximum atomic E-state index is 12.5. The van der Waals surface area contributed by atoms with E-state index < -0.39 is 0 Å². The van der Waals surface area contributed by atoms with Gasteiger partial charge >= 0.3 is 0 Å². The van der Waals surface area contributed by atoms with Crippen LogP contribution in [0.2, 0.25) is 0 Å². The molecular formula is C21H27ClN2O2. The molecule has 1 heterocycles. The van der Waals surface area contributed by atoms with E-state index in [1.54, 1.807) is 0 Å². The molecule has 0 bridgehead atoms. The summed E-state index contributed by atoms with van der Waals surface area (Å²) in [6.07, 6.45) is 1.93. The number of benzene rings is 2. The Morgan fingerprint density at radius 2 is 1.92 bits per heavy atom. The van der Waals surface area contributed by atoms with Gasteiger partial charge in [-0.2, -0.15) is 0 Å². The highest BCUT2D eigenvalue weighted by Crippen LogP contribution is 2.40. The monoisotopic (exact) mass is 374 g/mol. The molecule has 2 aromatic rings. The number of carbonyl (C=O) groups excluding carboxylic acids is 1. The fourth-order valence-electron chi connectivity index (χ4n) is 3.28. The summed E-state index contributed by atoms with van der Waals surface area (Å²) in [7, 11) is 0. The van der Waals surface area contributed by atoms with Crippen molar-refractivity contribution in [3.8, 4) is 5.75 Å². The van der Waals surface area contributed by atoms with Crippen LogP contribution in [0.3, 0.4) is 0 Å². The largest absolute Gasteiger partial charge is 0.487 e. The van der Waals surface area contributed by atoms with Crippen molar-refractivity contribution in [3.05, 3.63) is 59.2 Å². The topological polar surface area (TPSA) is 64.3 Å². The average Bonchev–Trinajstić information content (AvgIpc) is 2.54. The van der Waals surface area contributed by atoms with Crippen molar-refractivity contribution in [1.29, 1.82) is 0 Å². The summed E-state index contributed by atoms with van der Waals surface area (Å²) in [5.41, 5.74) is 9.65. The van der Waals surface area contributed by atoms with Crippen LogP contribution in [0.1, 0.15) is 49.4 Å². The Labute approximate surface area is 161 Å². The minimum atomic E-state index is -0.321. The number of fused-ring (bicyclic) bond motifs is 1. The highest BCUT2D eigenvalue weighted by atomic mass is 35.5.